The van der Waals surface area contributed by atoms with Crippen molar-refractivity contribution in [2.45, 2.75) is 58.1 Å². The maximum atomic E-state index is 15.3. The number of ether oxygens (including phenoxy) is 3. The Kier molecular flexibility index (Phi) is 11.0. The summed E-state index contributed by atoms with van der Waals surface area (Å²) in [6.07, 6.45) is 1.97. The number of amides is 1. The van der Waals surface area contributed by atoms with Crippen LogP contribution in [0.3, 0.4) is 0 Å². The molecule has 10 nitrogen and oxygen atoms in total. The number of halogens is 4. The van der Waals surface area contributed by atoms with Crippen molar-refractivity contribution in [3.63, 3.8) is 0 Å². The molecule has 14 heteroatoms. The highest BCUT2D eigenvalue weighted by atomic mass is 19.1. The molecule has 246 valence electrons. The Labute approximate surface area is 261 Å². The molecule has 46 heavy (non-hydrogen) atoms. The van der Waals surface area contributed by atoms with Crippen molar-refractivity contribution in [1.82, 2.24) is 9.88 Å². The second-order valence-electron chi connectivity index (χ2n) is 11.2. The Balaban J connectivity index is 1.52. The molecule has 1 aliphatic carbocycles. The number of pyridine rings is 1. The number of nitrogens with one attached hydrogen (secondary N) is 1. The predicted molar refractivity (Wildman–Crippen MR) is 158 cm³/mol. The van der Waals surface area contributed by atoms with Gasteiger partial charge in [-0.15, -0.1) is 0 Å². The van der Waals surface area contributed by atoms with Crippen LogP contribution in [0, 0.1) is 29.2 Å². The average Bonchev–Trinajstić information content (AvgIpc) is 3.49. The number of benzene rings is 2. The summed E-state index contributed by atoms with van der Waals surface area (Å²) in [4.78, 5) is 50.7. The van der Waals surface area contributed by atoms with E-state index in [9.17, 15) is 28.0 Å². The second-order valence-corrected chi connectivity index (χ2v) is 11.2. The van der Waals surface area contributed by atoms with E-state index in [1.165, 1.54) is 0 Å². The number of nitrogens with two attached hydrogens (primary N) is 1. The maximum absolute atomic E-state index is 15.3. The largest absolute Gasteiger partial charge is 0.493 e. The van der Waals surface area contributed by atoms with Gasteiger partial charge in [0.15, 0.2) is 17.4 Å². The van der Waals surface area contributed by atoms with Gasteiger partial charge in [-0.25, -0.2) is 27.2 Å². The van der Waals surface area contributed by atoms with Crippen LogP contribution in [0.15, 0.2) is 47.3 Å². The summed E-state index contributed by atoms with van der Waals surface area (Å²) in [6.45, 7) is 3.51. The first-order chi connectivity index (χ1) is 21.8. The van der Waals surface area contributed by atoms with E-state index in [4.69, 9.17) is 19.9 Å². The van der Waals surface area contributed by atoms with Crippen LogP contribution in [0.4, 0.5) is 28.2 Å². The number of carbonyl (C=O) groups is 3. The van der Waals surface area contributed by atoms with E-state index in [1.807, 2.05) is 13.8 Å². The van der Waals surface area contributed by atoms with Crippen LogP contribution in [0.25, 0.3) is 5.69 Å². The molecule has 1 fully saturated rings. The van der Waals surface area contributed by atoms with E-state index in [2.05, 4.69) is 5.32 Å². The first kappa shape index (κ1) is 34.0. The summed E-state index contributed by atoms with van der Waals surface area (Å²) in [6, 6.07) is 4.33. The van der Waals surface area contributed by atoms with Crippen molar-refractivity contribution in [1.29, 1.82) is 0 Å². The minimum absolute atomic E-state index is 0.0534. The van der Waals surface area contributed by atoms with Crippen molar-refractivity contribution in [3.05, 3.63) is 87.2 Å². The van der Waals surface area contributed by atoms with Gasteiger partial charge in [0.1, 0.15) is 41.0 Å². The number of nitrogens with zero attached hydrogens (tertiary/aromatic N) is 1. The molecule has 1 saturated carbocycles. The molecule has 0 bridgehead atoms. The minimum Gasteiger partial charge on any atom is -0.493 e. The van der Waals surface area contributed by atoms with Crippen molar-refractivity contribution >= 4 is 23.7 Å². The number of ketones is 1. The molecule has 2 aromatic carbocycles. The number of rotatable bonds is 12. The van der Waals surface area contributed by atoms with Crippen molar-refractivity contribution in [2.24, 2.45) is 5.92 Å². The third-order valence-corrected chi connectivity index (χ3v) is 7.15. The average molecular weight is 648 g/mol. The van der Waals surface area contributed by atoms with Crippen molar-refractivity contribution < 1.29 is 46.2 Å². The van der Waals surface area contributed by atoms with E-state index < -0.39 is 75.3 Å². The van der Waals surface area contributed by atoms with Crippen molar-refractivity contribution in [2.75, 3.05) is 18.9 Å². The van der Waals surface area contributed by atoms with Gasteiger partial charge in [-0.3, -0.25) is 14.2 Å². The third-order valence-electron chi connectivity index (χ3n) is 7.15. The molecule has 0 aliphatic heterocycles. The fourth-order valence-corrected chi connectivity index (χ4v) is 4.86. The Morgan fingerprint density at radius 2 is 1.61 bits per heavy atom. The van der Waals surface area contributed by atoms with E-state index in [1.54, 1.807) is 0 Å². The third kappa shape index (κ3) is 8.23. The molecule has 1 aliphatic rings. The van der Waals surface area contributed by atoms with Gasteiger partial charge in [0.05, 0.1) is 24.3 Å². The van der Waals surface area contributed by atoms with Crippen LogP contribution in [-0.2, 0) is 14.3 Å². The van der Waals surface area contributed by atoms with E-state index in [0.29, 0.717) is 23.5 Å². The van der Waals surface area contributed by atoms with Gasteiger partial charge in [-0.1, -0.05) is 13.8 Å². The number of aromatic nitrogens is 1. The summed E-state index contributed by atoms with van der Waals surface area (Å²) in [7, 11) is 0. The van der Waals surface area contributed by atoms with Gasteiger partial charge in [-0.2, -0.15) is 0 Å². The highest BCUT2D eigenvalue weighted by Gasteiger charge is 2.28. The standard InChI is InChI=1S/C32H33F4N3O7/c1-17(2)16-45-32(43)38-26(31(42)46-19-5-3-4-6-19)11-12-44-20-14-24(35)28(25(36)15-20)39-27(40)10-9-22(30(39)37)29(41)21-8-7-18(33)13-23(21)34/h7-10,13-15,17,19,26H,3-6,11-12,16,37H2,1-2H3,(H,38,43)/t26-/m0/s1. The maximum Gasteiger partial charge on any atom is 0.407 e. The molecule has 1 heterocycles. The van der Waals surface area contributed by atoms with Crippen LogP contribution < -0.4 is 21.3 Å². The quantitative estimate of drug-likeness (QED) is 0.155. The summed E-state index contributed by atoms with van der Waals surface area (Å²) < 4.78 is 74.7. The van der Waals surface area contributed by atoms with Gasteiger partial charge in [0.25, 0.3) is 5.56 Å². The molecular weight excluding hydrogens is 614 g/mol. The molecule has 0 spiro atoms. The van der Waals surface area contributed by atoms with Crippen LogP contribution in [0.2, 0.25) is 0 Å². The fraction of sp³-hybridized carbons (Fsp3) is 0.375. The lowest BCUT2D eigenvalue weighted by atomic mass is 10.0. The van der Waals surface area contributed by atoms with Crippen molar-refractivity contribution in [3.8, 4) is 11.4 Å². The SMILES string of the molecule is CC(C)COC(=O)N[C@@H](CCOc1cc(F)c(-n2c(N)c(C(=O)c3ccc(F)cc3F)ccc2=O)c(F)c1)C(=O)OC1CCCC1. The molecule has 0 unspecified atom stereocenters. The lowest BCUT2D eigenvalue weighted by Gasteiger charge is -2.21. The highest BCUT2D eigenvalue weighted by Crippen LogP contribution is 2.27. The Morgan fingerprint density at radius 1 is 0.957 bits per heavy atom. The number of nitrogen functional groups attached to an aromatic ring is 1. The molecule has 1 amide bonds. The summed E-state index contributed by atoms with van der Waals surface area (Å²) in [5.74, 6) is -7.43. The lowest BCUT2D eigenvalue weighted by Crippen LogP contribution is -2.44. The van der Waals surface area contributed by atoms with Crippen LogP contribution in [0.5, 0.6) is 5.75 Å². The van der Waals surface area contributed by atoms with Gasteiger partial charge in [-0.05, 0) is 49.8 Å². The smallest absolute Gasteiger partial charge is 0.407 e. The van der Waals surface area contributed by atoms with Gasteiger partial charge in [0, 0.05) is 30.7 Å². The number of anilines is 1. The van der Waals surface area contributed by atoms with E-state index in [-0.39, 0.29) is 37.4 Å². The molecule has 1 aromatic heterocycles. The molecular formula is C32H33F4N3O7. The molecule has 3 aromatic rings. The zero-order valence-electron chi connectivity index (χ0n) is 25.1. The van der Waals surface area contributed by atoms with E-state index >= 15 is 8.78 Å². The molecule has 0 radical (unpaired) electrons. The fourth-order valence-electron chi connectivity index (χ4n) is 4.86. The number of hydrogen-bond acceptors (Lipinski definition) is 8. The molecule has 1 atom stereocenters. The van der Waals surface area contributed by atoms with Crippen LogP contribution in [0.1, 0.15) is 61.9 Å². The zero-order valence-corrected chi connectivity index (χ0v) is 25.1. The molecule has 4 rings (SSSR count). The number of alkyl carbamates (subject to hydrolysis) is 1. The van der Waals surface area contributed by atoms with E-state index in [0.717, 1.165) is 49.2 Å². The number of carbonyl (C=O) groups excluding carboxylic acids is 3. The number of hydrogen-bond donors (Lipinski definition) is 2. The molecule has 0 saturated heterocycles. The summed E-state index contributed by atoms with van der Waals surface area (Å²) in [5, 5.41) is 2.45. The lowest BCUT2D eigenvalue weighted by molar-refractivity contribution is -0.151. The van der Waals surface area contributed by atoms with Gasteiger partial charge in [0.2, 0.25) is 0 Å². The van der Waals surface area contributed by atoms with Gasteiger partial charge < -0.3 is 25.3 Å². The topological polar surface area (TPSA) is 139 Å². The summed E-state index contributed by atoms with van der Waals surface area (Å²) in [5.41, 5.74) is 3.01. The van der Waals surface area contributed by atoms with Crippen LogP contribution >= 0.6 is 0 Å². The zero-order chi connectivity index (χ0) is 33.5. The second kappa shape index (κ2) is 14.9. The Morgan fingerprint density at radius 3 is 2.24 bits per heavy atom. The Hall–Kier alpha value is -4.88. The van der Waals surface area contributed by atoms with Gasteiger partial charge >= 0.3 is 12.1 Å². The number of esters is 1. The highest BCUT2D eigenvalue weighted by molar-refractivity contribution is 6.11. The normalized spacial score (nSPS) is 13.8. The van der Waals surface area contributed by atoms with Crippen LogP contribution in [-0.4, -0.2) is 47.8 Å². The minimum atomic E-state index is -1.30. The predicted octanol–water partition coefficient (Wildman–Crippen LogP) is 5.21. The first-order valence-corrected chi connectivity index (χ1v) is 14.6. The Bertz CT molecular complexity index is 1650. The first-order valence-electron chi connectivity index (χ1n) is 14.6. The molecule has 3 N–H and O–H groups in total. The monoisotopic (exact) mass is 647 g/mol. The summed E-state index contributed by atoms with van der Waals surface area (Å²) >= 11 is 0.